The molecule has 0 spiro atoms. The van der Waals surface area contributed by atoms with Crippen molar-refractivity contribution in [3.8, 4) is 5.75 Å². The van der Waals surface area contributed by atoms with Crippen LogP contribution in [0, 0.1) is 0 Å². The maximum atomic E-state index is 6.34. The molecule has 3 nitrogen and oxygen atoms in total. The summed E-state index contributed by atoms with van der Waals surface area (Å²) in [7, 11) is 0. The van der Waals surface area contributed by atoms with Crippen LogP contribution in [-0.2, 0) is 15.9 Å². The molecular formula is C19H21ClO3. The summed E-state index contributed by atoms with van der Waals surface area (Å²) in [6.07, 6.45) is 1.58. The molecule has 2 aromatic carbocycles. The number of ether oxygens (including phenoxy) is 3. The summed E-state index contributed by atoms with van der Waals surface area (Å²) in [6, 6.07) is 16.3. The molecule has 0 aliphatic carbocycles. The van der Waals surface area contributed by atoms with Crippen LogP contribution in [0.2, 0.25) is 5.02 Å². The van der Waals surface area contributed by atoms with E-state index < -0.39 is 0 Å². The highest BCUT2D eigenvalue weighted by Gasteiger charge is 2.25. The van der Waals surface area contributed by atoms with Gasteiger partial charge in [-0.3, -0.25) is 0 Å². The lowest BCUT2D eigenvalue weighted by Gasteiger charge is -2.13. The first-order valence-corrected chi connectivity index (χ1v) is 8.34. The minimum absolute atomic E-state index is 0.0278. The number of halogens is 1. The average molecular weight is 333 g/mol. The van der Waals surface area contributed by atoms with Crippen LogP contribution >= 0.6 is 11.6 Å². The van der Waals surface area contributed by atoms with Gasteiger partial charge in [0, 0.05) is 0 Å². The Labute approximate surface area is 142 Å². The fourth-order valence-electron chi connectivity index (χ4n) is 2.59. The molecule has 2 atom stereocenters. The topological polar surface area (TPSA) is 27.7 Å². The van der Waals surface area contributed by atoms with Crippen LogP contribution in [0.1, 0.15) is 24.5 Å². The van der Waals surface area contributed by atoms with Crippen molar-refractivity contribution in [1.29, 1.82) is 0 Å². The van der Waals surface area contributed by atoms with Crippen LogP contribution < -0.4 is 4.74 Å². The van der Waals surface area contributed by atoms with Crippen molar-refractivity contribution in [2.75, 3.05) is 13.2 Å². The van der Waals surface area contributed by atoms with E-state index in [0.29, 0.717) is 24.0 Å². The van der Waals surface area contributed by atoms with Gasteiger partial charge in [-0.1, -0.05) is 54.9 Å². The smallest absolute Gasteiger partial charge is 0.158 e. The molecule has 23 heavy (non-hydrogen) atoms. The van der Waals surface area contributed by atoms with Crippen LogP contribution in [0.15, 0.2) is 48.5 Å². The Morgan fingerprint density at radius 2 is 1.96 bits per heavy atom. The zero-order valence-corrected chi connectivity index (χ0v) is 14.0. The number of hydrogen-bond donors (Lipinski definition) is 0. The lowest BCUT2D eigenvalue weighted by Crippen LogP contribution is -2.20. The second-order valence-electron chi connectivity index (χ2n) is 5.67. The molecule has 0 saturated carbocycles. The molecule has 3 rings (SSSR count). The summed E-state index contributed by atoms with van der Waals surface area (Å²) in [5.74, 6) is 0.687. The molecule has 0 radical (unpaired) electrons. The minimum atomic E-state index is -0.104. The van der Waals surface area contributed by atoms with Crippen molar-refractivity contribution in [2.45, 2.75) is 32.2 Å². The van der Waals surface area contributed by atoms with Gasteiger partial charge in [0.05, 0.1) is 11.6 Å². The van der Waals surface area contributed by atoms with E-state index in [4.69, 9.17) is 25.8 Å². The Hall–Kier alpha value is -1.55. The number of rotatable bonds is 6. The Morgan fingerprint density at radius 3 is 2.65 bits per heavy atom. The fraction of sp³-hybridized carbons (Fsp3) is 0.368. The largest absolute Gasteiger partial charge is 0.489 e. The highest BCUT2D eigenvalue weighted by molar-refractivity contribution is 6.32. The molecule has 1 fully saturated rings. The molecular weight excluding hydrogens is 312 g/mol. The average Bonchev–Trinajstić information content (AvgIpc) is 3.03. The van der Waals surface area contributed by atoms with Crippen LogP contribution in [0.5, 0.6) is 5.75 Å². The molecule has 1 aliphatic heterocycles. The van der Waals surface area contributed by atoms with Crippen molar-refractivity contribution >= 4 is 11.6 Å². The quantitative estimate of drug-likeness (QED) is 0.781. The summed E-state index contributed by atoms with van der Waals surface area (Å²) in [5, 5.41) is 0.629. The van der Waals surface area contributed by atoms with Gasteiger partial charge in [-0.15, -0.1) is 0 Å². The SMILES string of the molecule is CCC1OCC(COc2ccc(Cc3ccccc3)cc2Cl)O1. The monoisotopic (exact) mass is 332 g/mol. The molecule has 122 valence electrons. The van der Waals surface area contributed by atoms with E-state index in [1.54, 1.807) is 0 Å². The molecule has 2 unspecified atom stereocenters. The normalized spacial score (nSPS) is 20.6. The van der Waals surface area contributed by atoms with E-state index in [0.717, 1.165) is 12.8 Å². The van der Waals surface area contributed by atoms with E-state index in [2.05, 4.69) is 18.2 Å². The standard InChI is InChI=1S/C19H21ClO3/c1-2-19-22-13-16(23-19)12-21-18-9-8-15(11-17(18)20)10-14-6-4-3-5-7-14/h3-9,11,16,19H,2,10,12-13H2,1H3. The Morgan fingerprint density at radius 1 is 1.13 bits per heavy atom. The van der Waals surface area contributed by atoms with Gasteiger partial charge in [0.2, 0.25) is 0 Å². The molecule has 2 aromatic rings. The first-order chi connectivity index (χ1) is 11.2. The van der Waals surface area contributed by atoms with E-state index in [1.165, 1.54) is 11.1 Å². The van der Waals surface area contributed by atoms with Gasteiger partial charge < -0.3 is 14.2 Å². The predicted octanol–water partition coefficient (Wildman–Crippen LogP) is 4.46. The van der Waals surface area contributed by atoms with Gasteiger partial charge in [0.15, 0.2) is 6.29 Å². The van der Waals surface area contributed by atoms with Gasteiger partial charge in [-0.05, 0) is 36.1 Å². The molecule has 0 N–H and O–H groups in total. The fourth-order valence-corrected chi connectivity index (χ4v) is 2.85. The Bertz CT molecular complexity index is 630. The van der Waals surface area contributed by atoms with Gasteiger partial charge in [-0.2, -0.15) is 0 Å². The lowest BCUT2D eigenvalue weighted by atomic mass is 10.1. The molecule has 4 heteroatoms. The first kappa shape index (κ1) is 16.3. The van der Waals surface area contributed by atoms with Gasteiger partial charge in [0.25, 0.3) is 0 Å². The molecule has 1 aliphatic rings. The minimum Gasteiger partial charge on any atom is -0.489 e. The molecule has 0 bridgehead atoms. The second-order valence-corrected chi connectivity index (χ2v) is 6.07. The van der Waals surface area contributed by atoms with E-state index in [-0.39, 0.29) is 12.4 Å². The first-order valence-electron chi connectivity index (χ1n) is 7.97. The van der Waals surface area contributed by atoms with E-state index >= 15 is 0 Å². The number of hydrogen-bond acceptors (Lipinski definition) is 3. The van der Waals surface area contributed by atoms with Crippen molar-refractivity contribution in [3.63, 3.8) is 0 Å². The summed E-state index contributed by atoms with van der Waals surface area (Å²) >= 11 is 6.34. The van der Waals surface area contributed by atoms with Crippen LogP contribution in [0.4, 0.5) is 0 Å². The van der Waals surface area contributed by atoms with Crippen molar-refractivity contribution in [2.24, 2.45) is 0 Å². The molecule has 0 amide bonds. The van der Waals surface area contributed by atoms with Crippen LogP contribution in [0.25, 0.3) is 0 Å². The summed E-state index contributed by atoms with van der Waals surface area (Å²) in [6.45, 7) is 3.06. The lowest BCUT2D eigenvalue weighted by molar-refractivity contribution is -0.0642. The third-order valence-electron chi connectivity index (χ3n) is 3.82. The highest BCUT2D eigenvalue weighted by atomic mass is 35.5. The van der Waals surface area contributed by atoms with Crippen LogP contribution in [-0.4, -0.2) is 25.6 Å². The zero-order valence-electron chi connectivity index (χ0n) is 13.2. The number of benzene rings is 2. The van der Waals surface area contributed by atoms with Gasteiger partial charge in [0.1, 0.15) is 18.5 Å². The van der Waals surface area contributed by atoms with E-state index in [1.807, 2.05) is 37.3 Å². The third-order valence-corrected chi connectivity index (χ3v) is 4.11. The zero-order chi connectivity index (χ0) is 16.1. The molecule has 0 aromatic heterocycles. The highest BCUT2D eigenvalue weighted by Crippen LogP contribution is 2.27. The predicted molar refractivity (Wildman–Crippen MR) is 91.1 cm³/mol. The van der Waals surface area contributed by atoms with Gasteiger partial charge >= 0.3 is 0 Å². The third kappa shape index (κ3) is 4.47. The van der Waals surface area contributed by atoms with Crippen LogP contribution in [0.3, 0.4) is 0 Å². The van der Waals surface area contributed by atoms with Crippen molar-refractivity contribution in [1.82, 2.24) is 0 Å². The summed E-state index contributed by atoms with van der Waals surface area (Å²) < 4.78 is 17.0. The molecule has 1 heterocycles. The summed E-state index contributed by atoms with van der Waals surface area (Å²) in [5.41, 5.74) is 2.43. The van der Waals surface area contributed by atoms with Gasteiger partial charge in [-0.25, -0.2) is 0 Å². The van der Waals surface area contributed by atoms with Crippen molar-refractivity contribution in [3.05, 3.63) is 64.7 Å². The second kappa shape index (κ2) is 7.82. The Kier molecular flexibility index (Phi) is 5.55. The van der Waals surface area contributed by atoms with E-state index in [9.17, 15) is 0 Å². The van der Waals surface area contributed by atoms with Crippen molar-refractivity contribution < 1.29 is 14.2 Å². The maximum absolute atomic E-state index is 6.34. The Balaban J connectivity index is 1.57. The molecule has 1 saturated heterocycles. The maximum Gasteiger partial charge on any atom is 0.158 e. The summed E-state index contributed by atoms with van der Waals surface area (Å²) in [4.78, 5) is 0.